The molecule has 19 heavy (non-hydrogen) atoms. The highest BCUT2D eigenvalue weighted by Gasteiger charge is 2.59. The SMILES string of the molecule is CC1(C)C(=O)N(CCNc2ccccc2F)S1(=O)=O. The fourth-order valence-electron chi connectivity index (χ4n) is 1.87. The lowest BCUT2D eigenvalue weighted by atomic mass is 10.2. The summed E-state index contributed by atoms with van der Waals surface area (Å²) in [6, 6.07) is 6.08. The number of carbonyl (C=O) groups is 1. The predicted molar refractivity (Wildman–Crippen MR) is 69.6 cm³/mol. The smallest absolute Gasteiger partial charge is 0.258 e. The summed E-state index contributed by atoms with van der Waals surface area (Å²) in [5.41, 5.74) is 0.284. The Morgan fingerprint density at radius 2 is 1.95 bits per heavy atom. The van der Waals surface area contributed by atoms with Crippen LogP contribution < -0.4 is 5.32 Å². The van der Waals surface area contributed by atoms with Crippen molar-refractivity contribution < 1.29 is 17.6 Å². The molecule has 7 heteroatoms. The molecule has 0 radical (unpaired) electrons. The van der Waals surface area contributed by atoms with Gasteiger partial charge in [-0.25, -0.2) is 17.1 Å². The maximum absolute atomic E-state index is 13.3. The van der Waals surface area contributed by atoms with Gasteiger partial charge in [0.25, 0.3) is 15.9 Å². The fourth-order valence-corrected chi connectivity index (χ4v) is 3.40. The zero-order valence-electron chi connectivity index (χ0n) is 10.7. The third kappa shape index (κ3) is 2.07. The number of rotatable bonds is 4. The standard InChI is InChI=1S/C12H15FN2O3S/c1-12(2)11(16)15(19(12,17)18)8-7-14-10-6-4-3-5-9(10)13/h3-6,14H,7-8H2,1-2H3. The molecule has 0 aliphatic carbocycles. The van der Waals surface area contributed by atoms with Gasteiger partial charge in [-0.3, -0.25) is 4.79 Å². The molecule has 0 saturated carbocycles. The van der Waals surface area contributed by atoms with Crippen LogP contribution in [-0.4, -0.2) is 36.5 Å². The minimum absolute atomic E-state index is 0.00106. The molecule has 1 N–H and O–H groups in total. The van der Waals surface area contributed by atoms with E-state index >= 15 is 0 Å². The third-order valence-electron chi connectivity index (χ3n) is 3.18. The molecule has 2 rings (SSSR count). The van der Waals surface area contributed by atoms with Gasteiger partial charge in [-0.05, 0) is 26.0 Å². The molecule has 0 bridgehead atoms. The Balaban J connectivity index is 1.95. The topological polar surface area (TPSA) is 66.5 Å². The van der Waals surface area contributed by atoms with Crippen molar-refractivity contribution in [3.8, 4) is 0 Å². The Labute approximate surface area is 111 Å². The number of sulfonamides is 1. The summed E-state index contributed by atoms with van der Waals surface area (Å²) < 4.78 is 36.4. The summed E-state index contributed by atoms with van der Waals surface area (Å²) in [6.45, 7) is 2.93. The van der Waals surface area contributed by atoms with E-state index in [0.29, 0.717) is 0 Å². The molecule has 1 aliphatic heterocycles. The van der Waals surface area contributed by atoms with E-state index < -0.39 is 26.5 Å². The molecular formula is C12H15FN2O3S. The number of hydrogen-bond acceptors (Lipinski definition) is 4. The van der Waals surface area contributed by atoms with Crippen molar-refractivity contribution >= 4 is 21.6 Å². The molecule has 1 aromatic carbocycles. The summed E-state index contributed by atoms with van der Waals surface area (Å²) >= 11 is 0. The van der Waals surface area contributed by atoms with E-state index in [1.807, 2.05) is 0 Å². The molecule has 1 saturated heterocycles. The van der Waals surface area contributed by atoms with Crippen LogP contribution in [0.2, 0.25) is 0 Å². The molecule has 0 spiro atoms. The maximum atomic E-state index is 13.3. The average Bonchev–Trinajstić information content (AvgIpc) is 2.35. The number of benzene rings is 1. The van der Waals surface area contributed by atoms with Crippen LogP contribution in [0.3, 0.4) is 0 Å². The molecule has 0 unspecified atom stereocenters. The molecule has 0 atom stereocenters. The molecule has 1 heterocycles. The highest BCUT2D eigenvalue weighted by molar-refractivity contribution is 7.94. The highest BCUT2D eigenvalue weighted by Crippen LogP contribution is 2.34. The van der Waals surface area contributed by atoms with Crippen molar-refractivity contribution in [2.24, 2.45) is 0 Å². The zero-order chi connectivity index (χ0) is 14.3. The second kappa shape index (κ2) is 4.48. The molecular weight excluding hydrogens is 271 g/mol. The monoisotopic (exact) mass is 286 g/mol. The number of halogens is 1. The predicted octanol–water partition coefficient (Wildman–Crippen LogP) is 1.19. The normalized spacial score (nSPS) is 19.9. The molecule has 104 valence electrons. The van der Waals surface area contributed by atoms with Gasteiger partial charge in [-0.1, -0.05) is 12.1 Å². The van der Waals surface area contributed by atoms with Crippen LogP contribution in [0.15, 0.2) is 24.3 Å². The first-order valence-corrected chi connectivity index (χ1v) is 7.27. The van der Waals surface area contributed by atoms with E-state index in [0.717, 1.165) is 4.31 Å². The van der Waals surface area contributed by atoms with E-state index in [9.17, 15) is 17.6 Å². The third-order valence-corrected chi connectivity index (χ3v) is 5.57. The van der Waals surface area contributed by atoms with E-state index in [4.69, 9.17) is 0 Å². The molecule has 5 nitrogen and oxygen atoms in total. The van der Waals surface area contributed by atoms with Gasteiger partial charge < -0.3 is 5.32 Å². The van der Waals surface area contributed by atoms with Crippen molar-refractivity contribution in [3.05, 3.63) is 30.1 Å². The van der Waals surface area contributed by atoms with Crippen molar-refractivity contribution in [2.45, 2.75) is 18.6 Å². The lowest BCUT2D eigenvalue weighted by molar-refractivity contribution is -0.132. The van der Waals surface area contributed by atoms with Crippen molar-refractivity contribution in [1.82, 2.24) is 4.31 Å². The van der Waals surface area contributed by atoms with Crippen LogP contribution in [0.4, 0.5) is 10.1 Å². The second-order valence-corrected chi connectivity index (χ2v) is 7.21. The van der Waals surface area contributed by atoms with Gasteiger partial charge in [-0.15, -0.1) is 0 Å². The van der Waals surface area contributed by atoms with Gasteiger partial charge in [0, 0.05) is 6.54 Å². The minimum atomic E-state index is -3.56. The Bertz CT molecular complexity index is 613. The van der Waals surface area contributed by atoms with E-state index in [1.165, 1.54) is 19.9 Å². The zero-order valence-corrected chi connectivity index (χ0v) is 11.5. The molecule has 1 aliphatic rings. The Morgan fingerprint density at radius 3 is 2.53 bits per heavy atom. The van der Waals surface area contributed by atoms with Gasteiger partial charge in [0.15, 0.2) is 4.75 Å². The number of para-hydroxylation sites is 1. The summed E-state index contributed by atoms with van der Waals surface area (Å²) in [5.74, 6) is -0.844. The molecule has 0 aromatic heterocycles. The number of hydrogen-bond donors (Lipinski definition) is 1. The van der Waals surface area contributed by atoms with Crippen LogP contribution in [-0.2, 0) is 14.8 Å². The first-order chi connectivity index (χ1) is 8.78. The van der Waals surface area contributed by atoms with E-state index in [-0.39, 0.29) is 18.8 Å². The Hall–Kier alpha value is -1.63. The van der Waals surface area contributed by atoms with Crippen LogP contribution in [0.25, 0.3) is 0 Å². The van der Waals surface area contributed by atoms with Crippen molar-refractivity contribution in [2.75, 3.05) is 18.4 Å². The second-order valence-electron chi connectivity index (χ2n) is 4.80. The quantitative estimate of drug-likeness (QED) is 0.903. The Morgan fingerprint density at radius 1 is 1.32 bits per heavy atom. The van der Waals surface area contributed by atoms with Crippen LogP contribution in [0.5, 0.6) is 0 Å². The van der Waals surface area contributed by atoms with Crippen LogP contribution >= 0.6 is 0 Å². The maximum Gasteiger partial charge on any atom is 0.258 e. The minimum Gasteiger partial charge on any atom is -0.381 e. The van der Waals surface area contributed by atoms with Gasteiger partial charge in [-0.2, -0.15) is 0 Å². The lowest BCUT2D eigenvalue weighted by Gasteiger charge is -2.43. The van der Waals surface area contributed by atoms with Gasteiger partial charge >= 0.3 is 0 Å². The highest BCUT2D eigenvalue weighted by atomic mass is 32.2. The largest absolute Gasteiger partial charge is 0.381 e. The fraction of sp³-hybridized carbons (Fsp3) is 0.417. The molecule has 1 amide bonds. The molecule has 1 fully saturated rings. The number of amides is 1. The van der Waals surface area contributed by atoms with Gasteiger partial charge in [0.05, 0.1) is 12.2 Å². The van der Waals surface area contributed by atoms with Gasteiger partial charge in [0.2, 0.25) is 0 Å². The first kappa shape index (κ1) is 13.8. The van der Waals surface area contributed by atoms with Gasteiger partial charge in [0.1, 0.15) is 5.82 Å². The summed E-state index contributed by atoms with van der Waals surface area (Å²) in [4.78, 5) is 11.7. The van der Waals surface area contributed by atoms with E-state index in [1.54, 1.807) is 18.2 Å². The number of anilines is 1. The Kier molecular flexibility index (Phi) is 3.25. The van der Waals surface area contributed by atoms with Crippen LogP contribution in [0.1, 0.15) is 13.8 Å². The lowest BCUT2D eigenvalue weighted by Crippen LogP contribution is -2.67. The molecule has 1 aromatic rings. The first-order valence-electron chi connectivity index (χ1n) is 5.83. The number of carbonyl (C=O) groups excluding carboxylic acids is 1. The summed E-state index contributed by atoms with van der Waals surface area (Å²) in [7, 11) is -3.56. The van der Waals surface area contributed by atoms with Crippen LogP contribution in [0, 0.1) is 5.82 Å². The number of nitrogens with zero attached hydrogens (tertiary/aromatic N) is 1. The van der Waals surface area contributed by atoms with Crippen molar-refractivity contribution in [3.63, 3.8) is 0 Å². The van der Waals surface area contributed by atoms with E-state index in [2.05, 4.69) is 5.32 Å². The van der Waals surface area contributed by atoms with Crippen molar-refractivity contribution in [1.29, 1.82) is 0 Å². The summed E-state index contributed by atoms with van der Waals surface area (Å²) in [5, 5.41) is 2.76. The summed E-state index contributed by atoms with van der Waals surface area (Å²) in [6.07, 6.45) is 0. The number of nitrogens with one attached hydrogen (secondary N) is 1. The average molecular weight is 286 g/mol.